The van der Waals surface area contributed by atoms with E-state index in [0.717, 1.165) is 22.4 Å². The van der Waals surface area contributed by atoms with Gasteiger partial charge >= 0.3 is 0 Å². The predicted octanol–water partition coefficient (Wildman–Crippen LogP) is 5.39. The monoisotopic (exact) mass is 534 g/mol. The third-order valence-electron chi connectivity index (χ3n) is 5.27. The van der Waals surface area contributed by atoms with Gasteiger partial charge in [-0.2, -0.15) is 58.3 Å². The van der Waals surface area contributed by atoms with Crippen molar-refractivity contribution in [2.45, 2.75) is 6.92 Å². The largest absolute Gasteiger partial charge is 0.234 e. The smallest absolute Gasteiger partial charge is 0.161 e. The summed E-state index contributed by atoms with van der Waals surface area (Å²) in [4.78, 5) is 0. The molecule has 5 rings (SSSR count). The van der Waals surface area contributed by atoms with E-state index >= 15 is 0 Å². The summed E-state index contributed by atoms with van der Waals surface area (Å²) in [5, 5.41) is 4.95. The summed E-state index contributed by atoms with van der Waals surface area (Å²) >= 11 is 0. The van der Waals surface area contributed by atoms with Crippen LogP contribution in [0, 0.1) is 19.1 Å². The Hall–Kier alpha value is -1.05. The van der Waals surface area contributed by atoms with Gasteiger partial charge in [0.1, 0.15) is 12.7 Å². The summed E-state index contributed by atoms with van der Waals surface area (Å²) in [7, 11) is 2.07. The van der Waals surface area contributed by atoms with Gasteiger partial charge in [-0.1, -0.05) is 36.8 Å². The van der Waals surface area contributed by atoms with Crippen molar-refractivity contribution in [1.29, 1.82) is 0 Å². The molecule has 1 nitrogen and oxygen atoms in total. The average molecular weight is 534 g/mol. The molecule has 4 heteroatoms. The second-order valence-corrected chi connectivity index (χ2v) is 7.06. The van der Waals surface area contributed by atoms with E-state index in [2.05, 4.69) is 104 Å². The molecule has 0 aliphatic carbocycles. The van der Waals surface area contributed by atoms with Gasteiger partial charge in [-0.05, 0) is 6.07 Å². The molecule has 0 bridgehead atoms. The van der Waals surface area contributed by atoms with Crippen LogP contribution in [0.25, 0.3) is 43.9 Å². The molecule has 0 saturated heterocycles. The van der Waals surface area contributed by atoms with E-state index in [9.17, 15) is 0 Å². The molecule has 5 aromatic rings. The molecule has 0 aliphatic rings. The first-order valence-corrected chi connectivity index (χ1v) is 9.19. The zero-order chi connectivity index (χ0) is 18.4. The van der Waals surface area contributed by atoms with Crippen LogP contribution in [-0.4, -0.2) is 8.41 Å². The SMILES string of the molecule is Cc1ccc(-c2[c-]c3c(cc2)[cH-]c2ccccc23)[c-]c1-c1cccc[n+]1C.[B].[Y].[Y]. The standard InChI is InChI=1S/C26H19N.B.2Y/c1-18-10-11-19(16-24(18)26-9-5-6-14-27(26)2)20-12-13-22-15-21-7-3-4-8-23(21)25(22)17-20;;;/h3-15H,1-2H3;;;/q-2;;;. The van der Waals surface area contributed by atoms with Gasteiger partial charge in [0.2, 0.25) is 0 Å². The molecule has 139 valence electrons. The first kappa shape index (κ1) is 25.2. The molecule has 4 aromatic carbocycles. The first-order valence-electron chi connectivity index (χ1n) is 9.19. The van der Waals surface area contributed by atoms with Crippen LogP contribution in [0.4, 0.5) is 0 Å². The van der Waals surface area contributed by atoms with Crippen LogP contribution in [0.5, 0.6) is 0 Å². The van der Waals surface area contributed by atoms with E-state index in [1.54, 1.807) is 0 Å². The normalized spacial score (nSPS) is 10.2. The molecular formula is C26H19BNY2-2. The Balaban J connectivity index is 0.00000107. The summed E-state index contributed by atoms with van der Waals surface area (Å²) in [6, 6.07) is 32.9. The van der Waals surface area contributed by atoms with Crippen molar-refractivity contribution in [2.75, 3.05) is 0 Å². The van der Waals surface area contributed by atoms with Crippen LogP contribution in [-0.2, 0) is 72.5 Å². The number of rotatable bonds is 2. The summed E-state index contributed by atoms with van der Waals surface area (Å²) in [6.07, 6.45) is 2.07. The van der Waals surface area contributed by atoms with Gasteiger partial charge in [0.15, 0.2) is 6.20 Å². The van der Waals surface area contributed by atoms with Crippen molar-refractivity contribution in [3.05, 3.63) is 96.7 Å². The maximum atomic E-state index is 3.64. The Morgan fingerprint density at radius 3 is 2.27 bits per heavy atom. The Bertz CT molecular complexity index is 1310. The van der Waals surface area contributed by atoms with Gasteiger partial charge in [0, 0.05) is 79.9 Å². The Kier molecular flexibility index (Phi) is 8.83. The summed E-state index contributed by atoms with van der Waals surface area (Å²) in [6.45, 7) is 2.14. The number of benzene rings is 3. The minimum Gasteiger partial charge on any atom is -0.234 e. The number of fused-ring (bicyclic) bond motifs is 3. The fourth-order valence-corrected chi connectivity index (χ4v) is 3.80. The van der Waals surface area contributed by atoms with E-state index in [1.165, 1.54) is 27.1 Å². The Labute approximate surface area is 230 Å². The predicted molar refractivity (Wildman–Crippen MR) is 117 cm³/mol. The average Bonchev–Trinajstić information content (AvgIpc) is 3.07. The topological polar surface area (TPSA) is 3.88 Å². The minimum absolute atomic E-state index is 0. The van der Waals surface area contributed by atoms with Gasteiger partial charge in [-0.15, -0.1) is 28.5 Å². The molecule has 1 aromatic heterocycles. The second-order valence-electron chi connectivity index (χ2n) is 7.06. The van der Waals surface area contributed by atoms with Crippen molar-refractivity contribution >= 4 is 30.0 Å². The van der Waals surface area contributed by atoms with Crippen LogP contribution in [0.1, 0.15) is 5.56 Å². The number of hydrogen-bond donors (Lipinski definition) is 0. The zero-order valence-electron chi connectivity index (χ0n) is 17.2. The minimum atomic E-state index is 0. The first-order chi connectivity index (χ1) is 13.2. The molecule has 0 aliphatic heterocycles. The maximum absolute atomic E-state index is 3.64. The molecule has 0 saturated carbocycles. The number of aryl methyl sites for hydroxylation is 2. The molecule has 30 heavy (non-hydrogen) atoms. The number of pyridine rings is 1. The third-order valence-corrected chi connectivity index (χ3v) is 5.27. The Morgan fingerprint density at radius 1 is 0.767 bits per heavy atom. The number of nitrogens with zero attached hydrogens (tertiary/aromatic N) is 1. The second kappa shape index (κ2) is 10.5. The Morgan fingerprint density at radius 2 is 1.47 bits per heavy atom. The fourth-order valence-electron chi connectivity index (χ4n) is 3.80. The van der Waals surface area contributed by atoms with Gasteiger partial charge in [-0.3, -0.25) is 0 Å². The molecule has 0 N–H and O–H groups in total. The number of aromatic nitrogens is 1. The van der Waals surface area contributed by atoms with E-state index in [1.807, 2.05) is 6.07 Å². The van der Waals surface area contributed by atoms with Crippen molar-refractivity contribution in [3.8, 4) is 22.4 Å². The fraction of sp³-hybridized carbons (Fsp3) is 0.0769. The van der Waals surface area contributed by atoms with Gasteiger partial charge in [0.05, 0.1) is 0 Å². The number of hydrogen-bond acceptors (Lipinski definition) is 0. The van der Waals surface area contributed by atoms with E-state index in [0.29, 0.717) is 0 Å². The molecule has 5 radical (unpaired) electrons. The molecular weight excluding hydrogens is 515 g/mol. The van der Waals surface area contributed by atoms with Gasteiger partial charge in [0.25, 0.3) is 0 Å². The quantitative estimate of drug-likeness (QED) is 0.163. The van der Waals surface area contributed by atoms with Crippen LogP contribution in [0.15, 0.2) is 79.0 Å². The van der Waals surface area contributed by atoms with Crippen molar-refractivity contribution in [2.24, 2.45) is 7.05 Å². The van der Waals surface area contributed by atoms with Crippen LogP contribution >= 0.6 is 0 Å². The maximum Gasteiger partial charge on any atom is 0.161 e. The van der Waals surface area contributed by atoms with Gasteiger partial charge in [-0.25, -0.2) is 4.57 Å². The third kappa shape index (κ3) is 4.58. The molecule has 0 amide bonds. The summed E-state index contributed by atoms with van der Waals surface area (Å²) in [5.41, 5.74) is 5.68. The van der Waals surface area contributed by atoms with Crippen LogP contribution in [0.2, 0.25) is 0 Å². The van der Waals surface area contributed by atoms with Crippen molar-refractivity contribution < 1.29 is 70.0 Å². The van der Waals surface area contributed by atoms with E-state index in [-0.39, 0.29) is 73.8 Å². The molecule has 0 fully saturated rings. The van der Waals surface area contributed by atoms with E-state index in [4.69, 9.17) is 0 Å². The van der Waals surface area contributed by atoms with Crippen molar-refractivity contribution in [1.82, 2.24) is 0 Å². The van der Waals surface area contributed by atoms with Crippen LogP contribution in [0.3, 0.4) is 0 Å². The van der Waals surface area contributed by atoms with Gasteiger partial charge < -0.3 is 0 Å². The zero-order valence-corrected chi connectivity index (χ0v) is 22.9. The van der Waals surface area contributed by atoms with Crippen molar-refractivity contribution in [3.63, 3.8) is 0 Å². The summed E-state index contributed by atoms with van der Waals surface area (Å²) < 4.78 is 2.14. The summed E-state index contributed by atoms with van der Waals surface area (Å²) in [5.74, 6) is 0. The molecule has 1 heterocycles. The molecule has 0 atom stereocenters. The molecule has 0 unspecified atom stereocenters. The van der Waals surface area contributed by atoms with Crippen LogP contribution < -0.4 is 4.57 Å². The molecule has 0 spiro atoms. The van der Waals surface area contributed by atoms with E-state index < -0.39 is 0 Å².